The number of rotatable bonds is 4. The van der Waals surface area contributed by atoms with Crippen LogP contribution >= 0.6 is 11.3 Å². The van der Waals surface area contributed by atoms with Crippen LogP contribution in [0.2, 0.25) is 0 Å². The molecule has 0 radical (unpaired) electrons. The van der Waals surface area contributed by atoms with Gasteiger partial charge >= 0.3 is 5.97 Å². The fourth-order valence-electron chi connectivity index (χ4n) is 2.72. The summed E-state index contributed by atoms with van der Waals surface area (Å²) in [6.07, 6.45) is 0. The summed E-state index contributed by atoms with van der Waals surface area (Å²) >= 11 is 1.26. The Balaban J connectivity index is 2.13. The first-order valence-electron chi connectivity index (χ1n) is 8.51. The predicted octanol–water partition coefficient (Wildman–Crippen LogP) is 2.88. The standard InChI is InChI=1S/C20H19N3O4S/c1-12-5-4-6-14(9-12)19(26)22-20-23(11-18(25)27-3)16-8-7-15(21-13(2)24)10-17(16)28-20/h4-10H,11H2,1-3H3,(H,21,24). The number of esters is 1. The second kappa shape index (κ2) is 8.18. The van der Waals surface area contributed by atoms with Crippen LogP contribution in [-0.2, 0) is 20.9 Å². The molecular formula is C20H19N3O4S. The molecule has 1 heterocycles. The number of carbonyl (C=O) groups is 3. The first-order valence-corrected chi connectivity index (χ1v) is 9.32. The van der Waals surface area contributed by atoms with Gasteiger partial charge in [0.25, 0.3) is 5.91 Å². The molecule has 3 rings (SSSR count). The van der Waals surface area contributed by atoms with Gasteiger partial charge in [-0.1, -0.05) is 29.0 Å². The van der Waals surface area contributed by atoms with Gasteiger partial charge in [0.05, 0.1) is 17.3 Å². The summed E-state index contributed by atoms with van der Waals surface area (Å²) in [5.41, 5.74) is 2.78. The van der Waals surface area contributed by atoms with Crippen LogP contribution in [0.1, 0.15) is 22.8 Å². The van der Waals surface area contributed by atoms with Crippen molar-refractivity contribution < 1.29 is 19.1 Å². The number of nitrogens with one attached hydrogen (secondary N) is 1. The highest BCUT2D eigenvalue weighted by atomic mass is 32.1. The summed E-state index contributed by atoms with van der Waals surface area (Å²) in [5, 5.41) is 2.72. The van der Waals surface area contributed by atoms with Crippen molar-refractivity contribution in [1.82, 2.24) is 4.57 Å². The minimum Gasteiger partial charge on any atom is -0.468 e. The van der Waals surface area contributed by atoms with E-state index in [0.717, 1.165) is 15.8 Å². The lowest BCUT2D eigenvalue weighted by Crippen LogP contribution is -2.22. The fraction of sp³-hybridized carbons (Fsp3) is 0.200. The van der Waals surface area contributed by atoms with E-state index in [1.807, 2.05) is 13.0 Å². The van der Waals surface area contributed by atoms with E-state index in [9.17, 15) is 14.4 Å². The molecule has 0 saturated heterocycles. The molecule has 1 aromatic heterocycles. The third-order valence-electron chi connectivity index (χ3n) is 3.98. The molecular weight excluding hydrogens is 378 g/mol. The monoisotopic (exact) mass is 397 g/mol. The molecule has 0 bridgehead atoms. The minimum absolute atomic E-state index is 0.0735. The number of benzene rings is 2. The lowest BCUT2D eigenvalue weighted by atomic mass is 10.1. The van der Waals surface area contributed by atoms with E-state index in [2.05, 4.69) is 10.3 Å². The van der Waals surface area contributed by atoms with Crippen LogP contribution in [-0.4, -0.2) is 29.5 Å². The molecule has 8 heteroatoms. The van der Waals surface area contributed by atoms with Gasteiger partial charge in [-0.2, -0.15) is 4.99 Å². The Morgan fingerprint density at radius 1 is 1.18 bits per heavy atom. The number of ether oxygens (including phenoxy) is 1. The molecule has 0 aliphatic carbocycles. The fourth-order valence-corrected chi connectivity index (χ4v) is 3.78. The molecule has 0 aliphatic heterocycles. The lowest BCUT2D eigenvalue weighted by Gasteiger charge is -2.05. The van der Waals surface area contributed by atoms with Gasteiger partial charge in [-0.3, -0.25) is 14.4 Å². The van der Waals surface area contributed by atoms with Gasteiger partial charge in [0.1, 0.15) is 6.54 Å². The molecule has 28 heavy (non-hydrogen) atoms. The van der Waals surface area contributed by atoms with Crippen molar-refractivity contribution in [1.29, 1.82) is 0 Å². The number of aromatic nitrogens is 1. The van der Waals surface area contributed by atoms with Gasteiger partial charge in [0.15, 0.2) is 4.80 Å². The number of anilines is 1. The first kappa shape index (κ1) is 19.5. The number of nitrogens with zero attached hydrogens (tertiary/aromatic N) is 2. The number of hydrogen-bond acceptors (Lipinski definition) is 5. The van der Waals surface area contributed by atoms with Crippen molar-refractivity contribution in [3.05, 3.63) is 58.4 Å². The summed E-state index contributed by atoms with van der Waals surface area (Å²) in [7, 11) is 1.31. The maximum atomic E-state index is 12.6. The number of fused-ring (bicyclic) bond motifs is 1. The van der Waals surface area contributed by atoms with E-state index in [-0.39, 0.29) is 12.5 Å². The average molecular weight is 397 g/mol. The second-order valence-electron chi connectivity index (χ2n) is 6.20. The highest BCUT2D eigenvalue weighted by Crippen LogP contribution is 2.22. The van der Waals surface area contributed by atoms with Gasteiger partial charge < -0.3 is 14.6 Å². The van der Waals surface area contributed by atoms with E-state index in [0.29, 0.717) is 16.1 Å². The van der Waals surface area contributed by atoms with Crippen molar-refractivity contribution in [2.24, 2.45) is 4.99 Å². The zero-order chi connectivity index (χ0) is 20.3. The SMILES string of the molecule is COC(=O)Cn1c(=NC(=O)c2cccc(C)c2)sc2cc(NC(C)=O)ccc21. The third kappa shape index (κ3) is 4.34. The van der Waals surface area contributed by atoms with Crippen molar-refractivity contribution in [2.45, 2.75) is 20.4 Å². The molecule has 0 saturated carbocycles. The Kier molecular flexibility index (Phi) is 5.70. The maximum Gasteiger partial charge on any atom is 0.325 e. The molecule has 0 fully saturated rings. The molecule has 1 N–H and O–H groups in total. The van der Waals surface area contributed by atoms with Crippen LogP contribution in [0.25, 0.3) is 10.2 Å². The molecule has 0 aliphatic rings. The molecule has 144 valence electrons. The zero-order valence-corrected chi connectivity index (χ0v) is 16.5. The van der Waals surface area contributed by atoms with Crippen molar-refractivity contribution >= 4 is 45.0 Å². The number of thiazole rings is 1. The first-order chi connectivity index (χ1) is 13.4. The van der Waals surface area contributed by atoms with E-state index in [4.69, 9.17) is 4.74 Å². The van der Waals surface area contributed by atoms with Crippen LogP contribution in [0.4, 0.5) is 5.69 Å². The van der Waals surface area contributed by atoms with E-state index in [1.54, 1.807) is 41.0 Å². The van der Waals surface area contributed by atoms with Crippen LogP contribution in [0.5, 0.6) is 0 Å². The van der Waals surface area contributed by atoms with Gasteiger partial charge in [-0.15, -0.1) is 0 Å². The number of aryl methyl sites for hydroxylation is 1. The minimum atomic E-state index is -0.449. The highest BCUT2D eigenvalue weighted by molar-refractivity contribution is 7.16. The van der Waals surface area contributed by atoms with Crippen LogP contribution in [0.3, 0.4) is 0 Å². The Hall–Kier alpha value is -3.26. The molecule has 3 aromatic rings. The van der Waals surface area contributed by atoms with E-state index >= 15 is 0 Å². The van der Waals surface area contributed by atoms with Gasteiger partial charge in [-0.05, 0) is 37.3 Å². The predicted molar refractivity (Wildman–Crippen MR) is 107 cm³/mol. The number of amides is 2. The number of carbonyl (C=O) groups excluding carboxylic acids is 3. The van der Waals surface area contributed by atoms with Gasteiger partial charge in [0.2, 0.25) is 5.91 Å². The van der Waals surface area contributed by atoms with Crippen molar-refractivity contribution in [3.8, 4) is 0 Å². The molecule has 2 amide bonds. The van der Waals surface area contributed by atoms with Crippen LogP contribution in [0.15, 0.2) is 47.5 Å². The Bertz CT molecular complexity index is 1140. The molecule has 0 spiro atoms. The summed E-state index contributed by atoms with van der Waals surface area (Å²) in [5.74, 6) is -1.02. The summed E-state index contributed by atoms with van der Waals surface area (Å²) in [4.78, 5) is 40.4. The number of hydrogen-bond donors (Lipinski definition) is 1. The zero-order valence-electron chi connectivity index (χ0n) is 15.7. The molecule has 7 nitrogen and oxygen atoms in total. The molecule has 0 atom stereocenters. The lowest BCUT2D eigenvalue weighted by molar-refractivity contribution is -0.141. The molecule has 2 aromatic carbocycles. The van der Waals surface area contributed by atoms with E-state index < -0.39 is 11.9 Å². The van der Waals surface area contributed by atoms with Gasteiger partial charge in [0, 0.05) is 18.2 Å². The summed E-state index contributed by atoms with van der Waals surface area (Å²) in [6.45, 7) is 3.25. The number of methoxy groups -OCH3 is 1. The second-order valence-corrected chi connectivity index (χ2v) is 7.21. The van der Waals surface area contributed by atoms with E-state index in [1.165, 1.54) is 25.4 Å². The van der Waals surface area contributed by atoms with Gasteiger partial charge in [-0.25, -0.2) is 0 Å². The smallest absolute Gasteiger partial charge is 0.325 e. The quantitative estimate of drug-likeness (QED) is 0.686. The van der Waals surface area contributed by atoms with Crippen molar-refractivity contribution in [2.75, 3.05) is 12.4 Å². The normalized spacial score (nSPS) is 11.5. The average Bonchev–Trinajstić information content (AvgIpc) is 2.97. The summed E-state index contributed by atoms with van der Waals surface area (Å²) < 4.78 is 7.19. The Morgan fingerprint density at radius 2 is 1.96 bits per heavy atom. The topological polar surface area (TPSA) is 89.8 Å². The molecule has 0 unspecified atom stereocenters. The largest absolute Gasteiger partial charge is 0.468 e. The third-order valence-corrected chi connectivity index (χ3v) is 5.02. The Labute approximate surface area is 165 Å². The van der Waals surface area contributed by atoms with Crippen molar-refractivity contribution in [3.63, 3.8) is 0 Å². The highest BCUT2D eigenvalue weighted by Gasteiger charge is 2.13. The van der Waals surface area contributed by atoms with Crippen LogP contribution in [0, 0.1) is 6.92 Å². The Morgan fingerprint density at radius 3 is 2.64 bits per heavy atom. The van der Waals surface area contributed by atoms with Crippen LogP contribution < -0.4 is 10.1 Å². The summed E-state index contributed by atoms with van der Waals surface area (Å²) in [6, 6.07) is 12.4. The maximum absolute atomic E-state index is 12.6.